The zero-order chi connectivity index (χ0) is 16.6. The molecular weight excluding hydrogens is 294 g/mol. The van der Waals surface area contributed by atoms with Crippen molar-refractivity contribution in [2.75, 3.05) is 5.32 Å². The maximum absolute atomic E-state index is 12.6. The molecule has 2 heterocycles. The Hall–Kier alpha value is -2.96. The highest BCUT2D eigenvalue weighted by molar-refractivity contribution is 6.10. The molecule has 7 heteroatoms. The molecule has 0 bridgehead atoms. The standard InChI is InChI=1S/C16H17N5O2/c1-10(2)21-16(23)12-7-5-4-6-11(12)14(19-21)15(22)17-13-8-9-20(3)18-13/h4-10H,1-3H3,(H,17,18,22). The van der Waals surface area contributed by atoms with Crippen molar-refractivity contribution in [2.45, 2.75) is 19.9 Å². The molecule has 7 nitrogen and oxygen atoms in total. The molecular formula is C16H17N5O2. The number of nitrogens with zero attached hydrogens (tertiary/aromatic N) is 4. The molecule has 3 aromatic rings. The van der Waals surface area contributed by atoms with Crippen molar-refractivity contribution in [3.05, 3.63) is 52.6 Å². The van der Waals surface area contributed by atoms with Crippen LogP contribution >= 0.6 is 0 Å². The molecule has 0 atom stereocenters. The molecule has 23 heavy (non-hydrogen) atoms. The summed E-state index contributed by atoms with van der Waals surface area (Å²) in [6.07, 6.45) is 1.73. The smallest absolute Gasteiger partial charge is 0.277 e. The summed E-state index contributed by atoms with van der Waals surface area (Å²) in [5.74, 6) is 0.0416. The van der Waals surface area contributed by atoms with E-state index >= 15 is 0 Å². The number of hydrogen-bond donors (Lipinski definition) is 1. The van der Waals surface area contributed by atoms with Crippen LogP contribution in [0.25, 0.3) is 10.8 Å². The van der Waals surface area contributed by atoms with Crippen molar-refractivity contribution in [1.82, 2.24) is 19.6 Å². The van der Waals surface area contributed by atoms with Crippen LogP contribution in [0.3, 0.4) is 0 Å². The van der Waals surface area contributed by atoms with Gasteiger partial charge >= 0.3 is 0 Å². The minimum atomic E-state index is -0.394. The Bertz CT molecular complexity index is 939. The Labute approximate surface area is 132 Å². The summed E-state index contributed by atoms with van der Waals surface area (Å²) in [6, 6.07) is 8.53. The largest absolute Gasteiger partial charge is 0.304 e. The Morgan fingerprint density at radius 1 is 1.13 bits per heavy atom. The number of aromatic nitrogens is 4. The lowest BCUT2D eigenvalue weighted by Crippen LogP contribution is -2.29. The highest BCUT2D eigenvalue weighted by atomic mass is 16.2. The zero-order valence-corrected chi connectivity index (χ0v) is 13.1. The van der Waals surface area contributed by atoms with E-state index in [1.165, 1.54) is 4.68 Å². The fraction of sp³-hybridized carbons (Fsp3) is 0.250. The molecule has 0 unspecified atom stereocenters. The summed E-state index contributed by atoms with van der Waals surface area (Å²) in [4.78, 5) is 25.0. The quantitative estimate of drug-likeness (QED) is 0.801. The van der Waals surface area contributed by atoms with Gasteiger partial charge in [0.15, 0.2) is 11.5 Å². The van der Waals surface area contributed by atoms with Crippen molar-refractivity contribution < 1.29 is 4.79 Å². The number of fused-ring (bicyclic) bond motifs is 1. The number of carbonyl (C=O) groups is 1. The molecule has 0 aliphatic rings. The van der Waals surface area contributed by atoms with E-state index in [4.69, 9.17) is 0 Å². The minimum Gasteiger partial charge on any atom is -0.304 e. The van der Waals surface area contributed by atoms with Crippen LogP contribution in [0.5, 0.6) is 0 Å². The second kappa shape index (κ2) is 5.68. The number of rotatable bonds is 3. The van der Waals surface area contributed by atoms with Crippen LogP contribution in [-0.4, -0.2) is 25.5 Å². The fourth-order valence-electron chi connectivity index (χ4n) is 2.38. The van der Waals surface area contributed by atoms with Crippen molar-refractivity contribution in [3.63, 3.8) is 0 Å². The molecule has 0 spiro atoms. The van der Waals surface area contributed by atoms with Crippen LogP contribution < -0.4 is 10.9 Å². The van der Waals surface area contributed by atoms with Gasteiger partial charge in [0.25, 0.3) is 11.5 Å². The van der Waals surface area contributed by atoms with Gasteiger partial charge in [-0.1, -0.05) is 18.2 Å². The van der Waals surface area contributed by atoms with Gasteiger partial charge < -0.3 is 5.32 Å². The van der Waals surface area contributed by atoms with Crippen LogP contribution in [-0.2, 0) is 7.05 Å². The van der Waals surface area contributed by atoms with Crippen molar-refractivity contribution in [3.8, 4) is 0 Å². The number of carbonyl (C=O) groups excluding carboxylic acids is 1. The molecule has 1 N–H and O–H groups in total. The van der Waals surface area contributed by atoms with Crippen LogP contribution in [0.1, 0.15) is 30.4 Å². The van der Waals surface area contributed by atoms with E-state index in [0.717, 1.165) is 0 Å². The van der Waals surface area contributed by atoms with Gasteiger partial charge in [-0.3, -0.25) is 14.3 Å². The lowest BCUT2D eigenvalue weighted by Gasteiger charge is -2.12. The van der Waals surface area contributed by atoms with Crippen LogP contribution in [0.15, 0.2) is 41.3 Å². The molecule has 0 radical (unpaired) electrons. The Morgan fingerprint density at radius 3 is 2.43 bits per heavy atom. The normalized spacial score (nSPS) is 11.1. The molecule has 0 saturated heterocycles. The highest BCUT2D eigenvalue weighted by Crippen LogP contribution is 2.16. The first kappa shape index (κ1) is 15.0. The van der Waals surface area contributed by atoms with Crippen LogP contribution in [0.2, 0.25) is 0 Å². The van der Waals surface area contributed by atoms with E-state index in [2.05, 4.69) is 15.5 Å². The summed E-state index contributed by atoms with van der Waals surface area (Å²) in [5, 5.41) is 12.1. The zero-order valence-electron chi connectivity index (χ0n) is 13.1. The first-order valence-corrected chi connectivity index (χ1v) is 7.30. The third-order valence-corrected chi connectivity index (χ3v) is 3.49. The second-order valence-corrected chi connectivity index (χ2v) is 5.57. The molecule has 118 valence electrons. The average Bonchev–Trinajstić information content (AvgIpc) is 2.92. The first-order valence-electron chi connectivity index (χ1n) is 7.30. The second-order valence-electron chi connectivity index (χ2n) is 5.57. The third kappa shape index (κ3) is 2.73. The molecule has 3 rings (SSSR count). The van der Waals surface area contributed by atoms with Gasteiger partial charge in [0.2, 0.25) is 0 Å². The highest BCUT2D eigenvalue weighted by Gasteiger charge is 2.18. The van der Waals surface area contributed by atoms with Crippen molar-refractivity contribution in [2.24, 2.45) is 7.05 Å². The molecule has 1 aromatic carbocycles. The minimum absolute atomic E-state index is 0.145. The van der Waals surface area contributed by atoms with E-state index in [9.17, 15) is 9.59 Å². The number of aryl methyl sites for hydroxylation is 1. The predicted octanol–water partition coefficient (Wildman–Crippen LogP) is 1.96. The van der Waals surface area contributed by atoms with E-state index in [1.54, 1.807) is 48.3 Å². The Balaban J connectivity index is 2.14. The summed E-state index contributed by atoms with van der Waals surface area (Å²) in [7, 11) is 1.77. The summed E-state index contributed by atoms with van der Waals surface area (Å²) in [6.45, 7) is 3.70. The van der Waals surface area contributed by atoms with Gasteiger partial charge in [0.05, 0.1) is 11.4 Å². The molecule has 0 saturated carbocycles. The predicted molar refractivity (Wildman–Crippen MR) is 87.5 cm³/mol. The average molecular weight is 311 g/mol. The van der Waals surface area contributed by atoms with Gasteiger partial charge in [0.1, 0.15) is 0 Å². The van der Waals surface area contributed by atoms with Gasteiger partial charge in [-0.15, -0.1) is 0 Å². The third-order valence-electron chi connectivity index (χ3n) is 3.49. The number of amides is 1. The number of benzene rings is 1. The number of anilines is 1. The summed E-state index contributed by atoms with van der Waals surface area (Å²) in [5.41, 5.74) is 0.00420. The number of hydrogen-bond acceptors (Lipinski definition) is 4. The SMILES string of the molecule is CC(C)n1nc(C(=O)Nc2ccn(C)n2)c2ccccc2c1=O. The topological polar surface area (TPSA) is 81.8 Å². The first-order chi connectivity index (χ1) is 11.0. The maximum Gasteiger partial charge on any atom is 0.277 e. The molecule has 0 fully saturated rings. The van der Waals surface area contributed by atoms with Gasteiger partial charge in [0, 0.05) is 24.7 Å². The summed E-state index contributed by atoms with van der Waals surface area (Å²) < 4.78 is 2.92. The summed E-state index contributed by atoms with van der Waals surface area (Å²) >= 11 is 0. The molecule has 0 aliphatic carbocycles. The van der Waals surface area contributed by atoms with Crippen molar-refractivity contribution in [1.29, 1.82) is 0 Å². The van der Waals surface area contributed by atoms with Gasteiger partial charge in [-0.2, -0.15) is 10.2 Å². The van der Waals surface area contributed by atoms with E-state index in [1.807, 2.05) is 13.8 Å². The number of nitrogens with one attached hydrogen (secondary N) is 1. The lowest BCUT2D eigenvalue weighted by atomic mass is 10.1. The van der Waals surface area contributed by atoms with Gasteiger partial charge in [-0.05, 0) is 19.9 Å². The van der Waals surface area contributed by atoms with E-state index in [0.29, 0.717) is 16.6 Å². The van der Waals surface area contributed by atoms with Gasteiger partial charge in [-0.25, -0.2) is 4.68 Å². The molecule has 2 aromatic heterocycles. The Morgan fingerprint density at radius 2 is 1.83 bits per heavy atom. The Kier molecular flexibility index (Phi) is 3.69. The molecule has 1 amide bonds. The van der Waals surface area contributed by atoms with Crippen LogP contribution in [0, 0.1) is 0 Å². The fourth-order valence-corrected chi connectivity index (χ4v) is 2.38. The van der Waals surface area contributed by atoms with Crippen molar-refractivity contribution >= 4 is 22.5 Å². The maximum atomic E-state index is 12.6. The lowest BCUT2D eigenvalue weighted by molar-refractivity contribution is 0.102. The van der Waals surface area contributed by atoms with E-state index in [-0.39, 0.29) is 17.3 Å². The van der Waals surface area contributed by atoms with E-state index < -0.39 is 5.91 Å². The van der Waals surface area contributed by atoms with Crippen LogP contribution in [0.4, 0.5) is 5.82 Å². The molecule has 0 aliphatic heterocycles. The monoisotopic (exact) mass is 311 g/mol.